The van der Waals surface area contributed by atoms with Gasteiger partial charge in [0.15, 0.2) is 0 Å². The van der Waals surface area contributed by atoms with Crippen molar-refractivity contribution in [2.75, 3.05) is 20.3 Å². The van der Waals surface area contributed by atoms with Crippen molar-refractivity contribution in [2.24, 2.45) is 7.05 Å². The highest BCUT2D eigenvalue weighted by Crippen LogP contribution is 2.46. The molecule has 4 rings (SSSR count). The van der Waals surface area contributed by atoms with E-state index in [-0.39, 0.29) is 11.9 Å². The van der Waals surface area contributed by atoms with E-state index in [1.165, 1.54) is 28.5 Å². The number of hydrogen-bond donors (Lipinski definition) is 0. The van der Waals surface area contributed by atoms with Crippen molar-refractivity contribution in [2.45, 2.75) is 31.7 Å². The molecule has 0 N–H and O–H groups in total. The van der Waals surface area contributed by atoms with Crippen molar-refractivity contribution in [3.8, 4) is 0 Å². The van der Waals surface area contributed by atoms with Gasteiger partial charge in [0.2, 0.25) is 0 Å². The molecule has 0 saturated heterocycles. The van der Waals surface area contributed by atoms with Gasteiger partial charge in [-0.3, -0.25) is 4.79 Å². The molecular weight excluding hydrogens is 300 g/mol. The predicted molar refractivity (Wildman–Crippen MR) is 94.7 cm³/mol. The lowest BCUT2D eigenvalue weighted by molar-refractivity contribution is -0.127. The number of para-hydroxylation sites is 1. The Labute approximate surface area is 142 Å². The van der Waals surface area contributed by atoms with Gasteiger partial charge in [-0.05, 0) is 37.3 Å². The minimum absolute atomic E-state index is 0.0778. The van der Waals surface area contributed by atoms with Crippen LogP contribution in [0.3, 0.4) is 0 Å². The molecule has 1 amide bonds. The Morgan fingerprint density at radius 1 is 1.21 bits per heavy atom. The summed E-state index contributed by atoms with van der Waals surface area (Å²) in [5.41, 5.74) is 4.88. The molecule has 2 aromatic rings. The maximum Gasteiger partial charge on any atom is 0.250 e. The van der Waals surface area contributed by atoms with Crippen molar-refractivity contribution in [1.29, 1.82) is 0 Å². The molecule has 1 aromatic heterocycles. The number of aromatic nitrogens is 1. The van der Waals surface area contributed by atoms with E-state index < -0.39 is 0 Å². The fraction of sp³-hybridized carbons (Fsp3) is 0.450. The highest BCUT2D eigenvalue weighted by atomic mass is 16.5. The molecule has 1 atom stereocenters. The first-order valence-electron chi connectivity index (χ1n) is 8.78. The predicted octanol–water partition coefficient (Wildman–Crippen LogP) is 3.58. The lowest BCUT2D eigenvalue weighted by Gasteiger charge is -2.27. The molecule has 4 nitrogen and oxygen atoms in total. The fourth-order valence-corrected chi connectivity index (χ4v) is 4.32. The van der Waals surface area contributed by atoms with Gasteiger partial charge in [0.05, 0.1) is 12.6 Å². The van der Waals surface area contributed by atoms with Gasteiger partial charge in [-0.25, -0.2) is 0 Å². The van der Waals surface area contributed by atoms with Crippen LogP contribution in [-0.2, 0) is 16.6 Å². The summed E-state index contributed by atoms with van der Waals surface area (Å²) in [6.45, 7) is 1.23. The average molecular weight is 324 g/mol. The number of hydrogen-bond acceptors (Lipinski definition) is 2. The number of amides is 1. The molecule has 0 radical (unpaired) electrons. The maximum atomic E-state index is 13.0. The molecule has 0 bridgehead atoms. The van der Waals surface area contributed by atoms with Gasteiger partial charge in [0, 0.05) is 48.9 Å². The molecule has 2 heterocycles. The van der Waals surface area contributed by atoms with Crippen LogP contribution >= 0.6 is 0 Å². The SMILES string of the molecule is COCCN1C(=O)C2=C(CCCC2)[C@H]1c1cn(C)c2ccccc12. The van der Waals surface area contributed by atoms with Gasteiger partial charge < -0.3 is 14.2 Å². The zero-order chi connectivity index (χ0) is 16.7. The molecular formula is C20H24N2O2. The molecule has 24 heavy (non-hydrogen) atoms. The second-order valence-corrected chi connectivity index (χ2v) is 6.82. The van der Waals surface area contributed by atoms with Crippen LogP contribution in [0.2, 0.25) is 0 Å². The molecule has 1 aliphatic heterocycles. The number of benzene rings is 1. The summed E-state index contributed by atoms with van der Waals surface area (Å²) in [6, 6.07) is 8.54. The first-order chi connectivity index (χ1) is 11.7. The van der Waals surface area contributed by atoms with Crippen molar-refractivity contribution >= 4 is 16.8 Å². The molecule has 0 fully saturated rings. The van der Waals surface area contributed by atoms with E-state index in [1.54, 1.807) is 7.11 Å². The number of ether oxygens (including phenoxy) is 1. The van der Waals surface area contributed by atoms with Crippen molar-refractivity contribution in [3.63, 3.8) is 0 Å². The number of nitrogens with zero attached hydrogens (tertiary/aromatic N) is 2. The summed E-state index contributed by atoms with van der Waals surface area (Å²) in [5.74, 6) is 0.222. The maximum absolute atomic E-state index is 13.0. The van der Waals surface area contributed by atoms with Crippen LogP contribution in [0, 0.1) is 0 Å². The second-order valence-electron chi connectivity index (χ2n) is 6.82. The first-order valence-corrected chi connectivity index (χ1v) is 8.78. The third-order valence-corrected chi connectivity index (χ3v) is 5.43. The van der Waals surface area contributed by atoms with Crippen molar-refractivity contribution in [1.82, 2.24) is 9.47 Å². The smallest absolute Gasteiger partial charge is 0.250 e. The van der Waals surface area contributed by atoms with Crippen LogP contribution in [0.5, 0.6) is 0 Å². The first kappa shape index (κ1) is 15.5. The number of rotatable bonds is 4. The van der Waals surface area contributed by atoms with Crippen LogP contribution in [0.4, 0.5) is 0 Å². The minimum Gasteiger partial charge on any atom is -0.383 e. The Balaban J connectivity index is 1.85. The standard InChI is InChI=1S/C20H24N2O2/c1-21-13-17(14-7-5-6-10-18(14)21)19-15-8-3-4-9-16(15)20(23)22(19)11-12-24-2/h5-7,10,13,19H,3-4,8-9,11-12H2,1-2H3/t19-/m0/s1. The number of carbonyl (C=O) groups is 1. The van der Waals surface area contributed by atoms with E-state index >= 15 is 0 Å². The van der Waals surface area contributed by atoms with E-state index in [2.05, 4.69) is 42.1 Å². The topological polar surface area (TPSA) is 34.5 Å². The van der Waals surface area contributed by atoms with Crippen LogP contribution in [0.1, 0.15) is 37.3 Å². The quantitative estimate of drug-likeness (QED) is 0.861. The Bertz CT molecular complexity index is 818. The summed E-state index contributed by atoms with van der Waals surface area (Å²) in [4.78, 5) is 15.0. The summed E-state index contributed by atoms with van der Waals surface area (Å²) in [7, 11) is 3.78. The van der Waals surface area contributed by atoms with Gasteiger partial charge >= 0.3 is 0 Å². The van der Waals surface area contributed by atoms with E-state index in [1.807, 2.05) is 4.90 Å². The summed E-state index contributed by atoms with van der Waals surface area (Å²) >= 11 is 0. The highest BCUT2D eigenvalue weighted by Gasteiger charge is 2.41. The van der Waals surface area contributed by atoms with Crippen LogP contribution in [0.15, 0.2) is 41.6 Å². The third-order valence-electron chi connectivity index (χ3n) is 5.43. The lowest BCUT2D eigenvalue weighted by Crippen LogP contribution is -2.33. The van der Waals surface area contributed by atoms with Crippen LogP contribution < -0.4 is 0 Å². The van der Waals surface area contributed by atoms with E-state index in [0.29, 0.717) is 13.2 Å². The van der Waals surface area contributed by atoms with Gasteiger partial charge in [-0.2, -0.15) is 0 Å². The number of methoxy groups -OCH3 is 1. The molecule has 0 spiro atoms. The summed E-state index contributed by atoms with van der Waals surface area (Å²) in [5, 5.41) is 1.25. The number of carbonyl (C=O) groups excluding carboxylic acids is 1. The molecule has 1 aliphatic carbocycles. The zero-order valence-corrected chi connectivity index (χ0v) is 14.4. The number of fused-ring (bicyclic) bond motifs is 1. The Hall–Kier alpha value is -2.07. The van der Waals surface area contributed by atoms with E-state index in [0.717, 1.165) is 24.8 Å². The van der Waals surface area contributed by atoms with E-state index in [9.17, 15) is 4.79 Å². The van der Waals surface area contributed by atoms with Crippen LogP contribution in [0.25, 0.3) is 10.9 Å². The summed E-state index contributed by atoms with van der Waals surface area (Å²) in [6.07, 6.45) is 6.49. The average Bonchev–Trinajstić information content (AvgIpc) is 3.09. The number of aryl methyl sites for hydroxylation is 1. The fourth-order valence-electron chi connectivity index (χ4n) is 4.32. The van der Waals surface area contributed by atoms with Crippen molar-refractivity contribution in [3.05, 3.63) is 47.2 Å². The van der Waals surface area contributed by atoms with Gasteiger partial charge in [-0.1, -0.05) is 18.2 Å². The molecule has 4 heteroatoms. The molecule has 0 unspecified atom stereocenters. The Morgan fingerprint density at radius 3 is 2.83 bits per heavy atom. The minimum atomic E-state index is 0.0778. The van der Waals surface area contributed by atoms with Crippen LogP contribution in [-0.4, -0.2) is 35.6 Å². The van der Waals surface area contributed by atoms with Gasteiger partial charge in [0.1, 0.15) is 0 Å². The second kappa shape index (κ2) is 6.10. The normalized spacial score (nSPS) is 21.0. The van der Waals surface area contributed by atoms with E-state index in [4.69, 9.17) is 4.74 Å². The monoisotopic (exact) mass is 324 g/mol. The molecule has 1 aromatic carbocycles. The summed E-state index contributed by atoms with van der Waals surface area (Å²) < 4.78 is 7.44. The highest BCUT2D eigenvalue weighted by molar-refractivity contribution is 5.99. The van der Waals surface area contributed by atoms with Crippen molar-refractivity contribution < 1.29 is 9.53 Å². The molecule has 126 valence electrons. The third kappa shape index (κ3) is 2.28. The largest absolute Gasteiger partial charge is 0.383 e. The molecule has 0 saturated carbocycles. The molecule has 2 aliphatic rings. The van der Waals surface area contributed by atoms with Gasteiger partial charge in [-0.15, -0.1) is 0 Å². The lowest BCUT2D eigenvalue weighted by atomic mass is 9.87. The van der Waals surface area contributed by atoms with Gasteiger partial charge in [0.25, 0.3) is 5.91 Å². The zero-order valence-electron chi connectivity index (χ0n) is 14.4. The Kier molecular flexibility index (Phi) is 3.93. The Morgan fingerprint density at radius 2 is 2.00 bits per heavy atom.